The average molecular weight is 339 g/mol. The summed E-state index contributed by atoms with van der Waals surface area (Å²) in [5.74, 6) is 1.77. The van der Waals surface area contributed by atoms with Crippen molar-refractivity contribution < 1.29 is 14.3 Å². The van der Waals surface area contributed by atoms with Gasteiger partial charge in [0.1, 0.15) is 13.2 Å². The van der Waals surface area contributed by atoms with Crippen molar-refractivity contribution in [2.24, 2.45) is 0 Å². The second kappa shape index (κ2) is 8.56. The van der Waals surface area contributed by atoms with Crippen LogP contribution in [0.15, 0.2) is 48.5 Å². The SMILES string of the molecule is CCCN(Cc1ccccc1)C(=O)CCc1ccc2c(c1)OCCO2. The lowest BCUT2D eigenvalue weighted by molar-refractivity contribution is -0.131. The normalized spacial score (nSPS) is 12.7. The standard InChI is InChI=1S/C21H25NO3/c1-2-12-22(16-18-6-4-3-5-7-18)21(23)11-9-17-8-10-19-20(15-17)25-14-13-24-19/h3-8,10,15H,2,9,11-14,16H2,1H3. The van der Waals surface area contributed by atoms with Gasteiger partial charge in [0.2, 0.25) is 5.91 Å². The van der Waals surface area contributed by atoms with E-state index in [1.807, 2.05) is 41.3 Å². The van der Waals surface area contributed by atoms with Gasteiger partial charge in [-0.3, -0.25) is 4.79 Å². The van der Waals surface area contributed by atoms with Crippen molar-refractivity contribution >= 4 is 5.91 Å². The van der Waals surface area contributed by atoms with Crippen molar-refractivity contribution in [1.29, 1.82) is 0 Å². The fourth-order valence-corrected chi connectivity index (χ4v) is 3.02. The molecule has 0 spiro atoms. The number of benzene rings is 2. The largest absolute Gasteiger partial charge is 0.486 e. The molecule has 0 N–H and O–H groups in total. The maximum atomic E-state index is 12.7. The summed E-state index contributed by atoms with van der Waals surface area (Å²) in [5, 5.41) is 0. The Bertz CT molecular complexity index is 700. The molecule has 0 atom stereocenters. The van der Waals surface area contributed by atoms with Crippen LogP contribution in [0, 0.1) is 0 Å². The summed E-state index contributed by atoms with van der Waals surface area (Å²) in [5.41, 5.74) is 2.28. The third kappa shape index (κ3) is 4.75. The van der Waals surface area contributed by atoms with Gasteiger partial charge in [-0.2, -0.15) is 0 Å². The van der Waals surface area contributed by atoms with Crippen molar-refractivity contribution in [2.75, 3.05) is 19.8 Å². The Hall–Kier alpha value is -2.49. The van der Waals surface area contributed by atoms with Crippen molar-refractivity contribution in [3.63, 3.8) is 0 Å². The summed E-state index contributed by atoms with van der Waals surface area (Å²) in [6.07, 6.45) is 2.18. The molecule has 0 unspecified atom stereocenters. The second-order valence-electron chi connectivity index (χ2n) is 6.28. The molecular formula is C21H25NO3. The third-order valence-corrected chi connectivity index (χ3v) is 4.30. The van der Waals surface area contributed by atoms with E-state index < -0.39 is 0 Å². The maximum Gasteiger partial charge on any atom is 0.223 e. The first-order valence-corrected chi connectivity index (χ1v) is 8.96. The zero-order valence-corrected chi connectivity index (χ0v) is 14.7. The highest BCUT2D eigenvalue weighted by Gasteiger charge is 2.15. The molecule has 25 heavy (non-hydrogen) atoms. The molecule has 1 aliphatic heterocycles. The number of hydrogen-bond donors (Lipinski definition) is 0. The molecule has 2 aromatic carbocycles. The van der Waals surface area contributed by atoms with Gasteiger partial charge in [0.25, 0.3) is 0 Å². The first kappa shape index (κ1) is 17.3. The molecule has 1 heterocycles. The Kier molecular flexibility index (Phi) is 5.94. The molecule has 0 aliphatic carbocycles. The summed E-state index contributed by atoms with van der Waals surface area (Å²) in [6, 6.07) is 16.1. The number of ether oxygens (including phenoxy) is 2. The first-order chi connectivity index (χ1) is 12.3. The number of aryl methyl sites for hydroxylation is 1. The molecule has 4 heteroatoms. The molecule has 0 saturated heterocycles. The molecule has 0 fully saturated rings. The summed E-state index contributed by atoms with van der Waals surface area (Å²) in [7, 11) is 0. The van der Waals surface area contributed by atoms with E-state index in [9.17, 15) is 4.79 Å². The number of fused-ring (bicyclic) bond motifs is 1. The zero-order chi connectivity index (χ0) is 17.5. The molecule has 0 radical (unpaired) electrons. The summed E-state index contributed by atoms with van der Waals surface area (Å²) < 4.78 is 11.2. The number of hydrogen-bond acceptors (Lipinski definition) is 3. The number of amides is 1. The van der Waals surface area contributed by atoms with Crippen LogP contribution >= 0.6 is 0 Å². The van der Waals surface area contributed by atoms with Crippen molar-refractivity contribution in [3.8, 4) is 11.5 Å². The van der Waals surface area contributed by atoms with Gasteiger partial charge in [-0.25, -0.2) is 0 Å². The van der Waals surface area contributed by atoms with E-state index in [-0.39, 0.29) is 5.91 Å². The molecule has 0 saturated carbocycles. The number of rotatable bonds is 7. The van der Waals surface area contributed by atoms with Crippen LogP contribution in [-0.4, -0.2) is 30.6 Å². The van der Waals surface area contributed by atoms with Crippen molar-refractivity contribution in [2.45, 2.75) is 32.7 Å². The molecular weight excluding hydrogens is 314 g/mol. The Morgan fingerprint density at radius 1 is 1.00 bits per heavy atom. The quantitative estimate of drug-likeness (QED) is 0.769. The van der Waals surface area contributed by atoms with Gasteiger partial charge in [-0.1, -0.05) is 43.3 Å². The van der Waals surface area contributed by atoms with E-state index in [1.54, 1.807) is 0 Å². The van der Waals surface area contributed by atoms with Crippen LogP contribution in [0.2, 0.25) is 0 Å². The number of carbonyl (C=O) groups is 1. The molecule has 0 aromatic heterocycles. The lowest BCUT2D eigenvalue weighted by atomic mass is 10.1. The summed E-state index contributed by atoms with van der Waals surface area (Å²) in [6.45, 7) is 4.74. The van der Waals surface area contributed by atoms with E-state index in [2.05, 4.69) is 19.1 Å². The van der Waals surface area contributed by atoms with Gasteiger partial charge in [0.15, 0.2) is 11.5 Å². The van der Waals surface area contributed by atoms with Crippen molar-refractivity contribution in [1.82, 2.24) is 4.90 Å². The molecule has 132 valence electrons. The smallest absolute Gasteiger partial charge is 0.223 e. The monoisotopic (exact) mass is 339 g/mol. The fourth-order valence-electron chi connectivity index (χ4n) is 3.02. The highest BCUT2D eigenvalue weighted by atomic mass is 16.6. The number of nitrogens with zero attached hydrogens (tertiary/aromatic N) is 1. The molecule has 2 aromatic rings. The second-order valence-corrected chi connectivity index (χ2v) is 6.28. The average Bonchev–Trinajstić information content (AvgIpc) is 2.66. The predicted molar refractivity (Wildman–Crippen MR) is 97.9 cm³/mol. The molecule has 1 aliphatic rings. The van der Waals surface area contributed by atoms with E-state index in [4.69, 9.17) is 9.47 Å². The van der Waals surface area contributed by atoms with Crippen LogP contribution < -0.4 is 9.47 Å². The van der Waals surface area contributed by atoms with Crippen LogP contribution in [0.1, 0.15) is 30.9 Å². The minimum atomic E-state index is 0.195. The molecule has 4 nitrogen and oxygen atoms in total. The molecule has 1 amide bonds. The maximum absolute atomic E-state index is 12.7. The van der Waals surface area contributed by atoms with Gasteiger partial charge in [-0.05, 0) is 36.1 Å². The van der Waals surface area contributed by atoms with Crippen molar-refractivity contribution in [3.05, 3.63) is 59.7 Å². The van der Waals surface area contributed by atoms with Crippen LogP contribution in [-0.2, 0) is 17.8 Å². The summed E-state index contributed by atoms with van der Waals surface area (Å²) >= 11 is 0. The fraction of sp³-hybridized carbons (Fsp3) is 0.381. The lowest BCUT2D eigenvalue weighted by Crippen LogP contribution is -2.31. The molecule has 3 rings (SSSR count). The van der Waals surface area contributed by atoms with Crippen LogP contribution in [0.4, 0.5) is 0 Å². The van der Waals surface area contributed by atoms with Gasteiger partial charge in [0, 0.05) is 19.5 Å². The first-order valence-electron chi connectivity index (χ1n) is 8.96. The van der Waals surface area contributed by atoms with E-state index in [0.717, 1.165) is 30.0 Å². The predicted octanol–water partition coefficient (Wildman–Crippen LogP) is 3.83. The topological polar surface area (TPSA) is 38.8 Å². The van der Waals surface area contributed by atoms with Crippen LogP contribution in [0.5, 0.6) is 11.5 Å². The van der Waals surface area contributed by atoms with Crippen LogP contribution in [0.25, 0.3) is 0 Å². The Labute approximate surface area is 149 Å². The minimum absolute atomic E-state index is 0.195. The Morgan fingerprint density at radius 2 is 1.76 bits per heavy atom. The molecule has 0 bridgehead atoms. The zero-order valence-electron chi connectivity index (χ0n) is 14.7. The van der Waals surface area contributed by atoms with Gasteiger partial charge < -0.3 is 14.4 Å². The minimum Gasteiger partial charge on any atom is -0.486 e. The van der Waals surface area contributed by atoms with E-state index >= 15 is 0 Å². The lowest BCUT2D eigenvalue weighted by Gasteiger charge is -2.23. The highest BCUT2D eigenvalue weighted by Crippen LogP contribution is 2.31. The van der Waals surface area contributed by atoms with Gasteiger partial charge >= 0.3 is 0 Å². The highest BCUT2D eigenvalue weighted by molar-refractivity contribution is 5.76. The Morgan fingerprint density at radius 3 is 2.52 bits per heavy atom. The van der Waals surface area contributed by atoms with Gasteiger partial charge in [-0.15, -0.1) is 0 Å². The van der Waals surface area contributed by atoms with E-state index in [1.165, 1.54) is 5.56 Å². The third-order valence-electron chi connectivity index (χ3n) is 4.30. The Balaban J connectivity index is 1.59. The van der Waals surface area contributed by atoms with Gasteiger partial charge in [0.05, 0.1) is 0 Å². The number of carbonyl (C=O) groups excluding carboxylic acids is 1. The summed E-state index contributed by atoms with van der Waals surface area (Å²) in [4.78, 5) is 14.6. The van der Waals surface area contributed by atoms with Crippen LogP contribution in [0.3, 0.4) is 0 Å². The van der Waals surface area contributed by atoms with E-state index in [0.29, 0.717) is 32.6 Å².